The second kappa shape index (κ2) is 7.06. The molecule has 0 aromatic heterocycles. The Balaban J connectivity index is 1.83. The molecule has 2 N–H and O–H groups in total. The molecule has 0 aliphatic heterocycles. The highest BCUT2D eigenvalue weighted by molar-refractivity contribution is 7.80. The fourth-order valence-corrected chi connectivity index (χ4v) is 2.21. The predicted molar refractivity (Wildman–Crippen MR) is 88.6 cm³/mol. The average Bonchev–Trinajstić information content (AvgIpc) is 2.47. The van der Waals surface area contributed by atoms with Gasteiger partial charge in [-0.25, -0.2) is 0 Å². The summed E-state index contributed by atoms with van der Waals surface area (Å²) in [7, 11) is 0. The van der Waals surface area contributed by atoms with E-state index in [-0.39, 0.29) is 6.04 Å². The Morgan fingerprint density at radius 3 is 2.35 bits per heavy atom. The molecule has 2 nitrogen and oxygen atoms in total. The number of nitrogens with one attached hydrogen (secondary N) is 2. The van der Waals surface area contributed by atoms with Crippen LogP contribution in [0.15, 0.2) is 54.6 Å². The lowest BCUT2D eigenvalue weighted by Gasteiger charge is -2.17. The van der Waals surface area contributed by atoms with Gasteiger partial charge in [-0.05, 0) is 37.2 Å². The van der Waals surface area contributed by atoms with Crippen molar-refractivity contribution in [1.29, 1.82) is 0 Å². The van der Waals surface area contributed by atoms with Gasteiger partial charge in [0, 0.05) is 6.54 Å². The molecule has 0 amide bonds. The van der Waals surface area contributed by atoms with Gasteiger partial charge in [0.1, 0.15) is 0 Å². The van der Waals surface area contributed by atoms with E-state index in [1.54, 1.807) is 0 Å². The molecule has 2 aromatic rings. The maximum Gasteiger partial charge on any atom is 0.167 e. The highest BCUT2D eigenvalue weighted by Gasteiger charge is 2.06. The van der Waals surface area contributed by atoms with Gasteiger partial charge < -0.3 is 10.6 Å². The van der Waals surface area contributed by atoms with Crippen molar-refractivity contribution in [2.75, 3.05) is 0 Å². The smallest absolute Gasteiger partial charge is 0.167 e. The predicted octanol–water partition coefficient (Wildman–Crippen LogP) is 3.72. The van der Waals surface area contributed by atoms with E-state index >= 15 is 0 Å². The molecule has 2 rings (SSSR count). The Hall–Kier alpha value is -1.87. The Labute approximate surface area is 126 Å². The van der Waals surface area contributed by atoms with Crippen LogP contribution < -0.4 is 10.6 Å². The Kier molecular flexibility index (Phi) is 5.13. The second-order valence-corrected chi connectivity index (χ2v) is 5.35. The van der Waals surface area contributed by atoms with E-state index in [1.807, 2.05) is 18.2 Å². The van der Waals surface area contributed by atoms with Crippen molar-refractivity contribution in [2.24, 2.45) is 0 Å². The first kappa shape index (κ1) is 14.5. The molecule has 20 heavy (non-hydrogen) atoms. The van der Waals surface area contributed by atoms with Crippen LogP contribution in [0.4, 0.5) is 0 Å². The lowest BCUT2D eigenvalue weighted by Crippen LogP contribution is -2.36. The van der Waals surface area contributed by atoms with Crippen LogP contribution in [-0.4, -0.2) is 5.11 Å². The van der Waals surface area contributed by atoms with Gasteiger partial charge in [0.2, 0.25) is 0 Å². The van der Waals surface area contributed by atoms with E-state index in [0.29, 0.717) is 5.11 Å². The minimum Gasteiger partial charge on any atom is -0.359 e. The standard InChI is InChI=1S/C17H20N2S/c1-13-8-10-16(11-9-13)14(2)19-17(20)18-12-15-6-4-3-5-7-15/h3-11,14H,12H2,1-2H3,(H2,18,19,20). The third-order valence-electron chi connectivity index (χ3n) is 3.22. The molecule has 0 saturated heterocycles. The normalized spacial score (nSPS) is 11.7. The molecule has 0 heterocycles. The third-order valence-corrected chi connectivity index (χ3v) is 3.48. The molecule has 0 bridgehead atoms. The number of hydrogen-bond donors (Lipinski definition) is 2. The quantitative estimate of drug-likeness (QED) is 0.837. The summed E-state index contributed by atoms with van der Waals surface area (Å²) in [5.41, 5.74) is 3.73. The topological polar surface area (TPSA) is 24.1 Å². The van der Waals surface area contributed by atoms with E-state index in [9.17, 15) is 0 Å². The van der Waals surface area contributed by atoms with Crippen LogP contribution in [-0.2, 0) is 6.54 Å². The number of rotatable bonds is 4. The Morgan fingerprint density at radius 1 is 1.05 bits per heavy atom. The summed E-state index contributed by atoms with van der Waals surface area (Å²) in [5, 5.41) is 7.22. The molecular weight excluding hydrogens is 264 g/mol. The minimum absolute atomic E-state index is 0.200. The largest absolute Gasteiger partial charge is 0.359 e. The summed E-state index contributed by atoms with van der Waals surface area (Å²) < 4.78 is 0. The number of hydrogen-bond acceptors (Lipinski definition) is 1. The summed E-state index contributed by atoms with van der Waals surface area (Å²) in [6.45, 7) is 4.95. The average molecular weight is 284 g/mol. The molecule has 2 aromatic carbocycles. The minimum atomic E-state index is 0.200. The molecule has 1 unspecified atom stereocenters. The fourth-order valence-electron chi connectivity index (χ4n) is 1.96. The van der Waals surface area contributed by atoms with Crippen molar-refractivity contribution in [3.63, 3.8) is 0 Å². The summed E-state index contributed by atoms with van der Waals surface area (Å²) in [6, 6.07) is 18.9. The second-order valence-electron chi connectivity index (χ2n) is 4.94. The zero-order valence-corrected chi connectivity index (χ0v) is 12.7. The van der Waals surface area contributed by atoms with Gasteiger partial charge in [-0.3, -0.25) is 0 Å². The zero-order chi connectivity index (χ0) is 14.4. The first-order valence-electron chi connectivity index (χ1n) is 6.80. The van der Waals surface area contributed by atoms with Crippen LogP contribution in [0.25, 0.3) is 0 Å². The van der Waals surface area contributed by atoms with Crippen LogP contribution in [0.5, 0.6) is 0 Å². The van der Waals surface area contributed by atoms with Crippen LogP contribution in [0.3, 0.4) is 0 Å². The number of aryl methyl sites for hydroxylation is 1. The fraction of sp³-hybridized carbons (Fsp3) is 0.235. The summed E-state index contributed by atoms with van der Waals surface area (Å²) in [6.07, 6.45) is 0. The van der Waals surface area contributed by atoms with Crippen molar-refractivity contribution in [3.8, 4) is 0 Å². The van der Waals surface area contributed by atoms with Crippen molar-refractivity contribution in [3.05, 3.63) is 71.3 Å². The van der Waals surface area contributed by atoms with Gasteiger partial charge in [-0.1, -0.05) is 60.2 Å². The van der Waals surface area contributed by atoms with E-state index < -0.39 is 0 Å². The van der Waals surface area contributed by atoms with Gasteiger partial charge in [0.15, 0.2) is 5.11 Å². The first-order valence-corrected chi connectivity index (χ1v) is 7.21. The van der Waals surface area contributed by atoms with Crippen molar-refractivity contribution in [2.45, 2.75) is 26.4 Å². The SMILES string of the molecule is Cc1ccc(C(C)NC(=S)NCc2ccccc2)cc1. The maximum absolute atomic E-state index is 5.33. The molecule has 104 valence electrons. The highest BCUT2D eigenvalue weighted by Crippen LogP contribution is 2.12. The third kappa shape index (κ3) is 4.35. The lowest BCUT2D eigenvalue weighted by atomic mass is 10.1. The number of benzene rings is 2. The summed E-state index contributed by atoms with van der Waals surface area (Å²) in [5.74, 6) is 0. The van der Waals surface area contributed by atoms with E-state index in [2.05, 4.69) is 60.9 Å². The molecule has 0 aliphatic rings. The van der Waals surface area contributed by atoms with Gasteiger partial charge in [0.05, 0.1) is 6.04 Å². The molecule has 0 radical (unpaired) electrons. The van der Waals surface area contributed by atoms with Crippen molar-refractivity contribution >= 4 is 17.3 Å². The Bertz CT molecular complexity index is 549. The first-order chi connectivity index (χ1) is 9.65. The van der Waals surface area contributed by atoms with Gasteiger partial charge in [-0.15, -0.1) is 0 Å². The molecular formula is C17H20N2S. The van der Waals surface area contributed by atoms with Crippen LogP contribution in [0.2, 0.25) is 0 Å². The van der Waals surface area contributed by atoms with E-state index in [1.165, 1.54) is 16.7 Å². The van der Waals surface area contributed by atoms with E-state index in [4.69, 9.17) is 12.2 Å². The monoisotopic (exact) mass is 284 g/mol. The Morgan fingerprint density at radius 2 is 1.70 bits per heavy atom. The van der Waals surface area contributed by atoms with E-state index in [0.717, 1.165) is 6.54 Å². The number of thiocarbonyl (C=S) groups is 1. The van der Waals surface area contributed by atoms with Gasteiger partial charge in [0.25, 0.3) is 0 Å². The van der Waals surface area contributed by atoms with Crippen molar-refractivity contribution in [1.82, 2.24) is 10.6 Å². The van der Waals surface area contributed by atoms with Crippen LogP contribution >= 0.6 is 12.2 Å². The van der Waals surface area contributed by atoms with Crippen LogP contribution in [0, 0.1) is 6.92 Å². The van der Waals surface area contributed by atoms with Gasteiger partial charge in [-0.2, -0.15) is 0 Å². The molecule has 0 saturated carbocycles. The van der Waals surface area contributed by atoms with Crippen LogP contribution in [0.1, 0.15) is 29.7 Å². The zero-order valence-electron chi connectivity index (χ0n) is 11.9. The summed E-state index contributed by atoms with van der Waals surface area (Å²) in [4.78, 5) is 0. The molecule has 1 atom stereocenters. The molecule has 0 fully saturated rings. The summed E-state index contributed by atoms with van der Waals surface area (Å²) >= 11 is 5.33. The highest BCUT2D eigenvalue weighted by atomic mass is 32.1. The molecule has 0 aliphatic carbocycles. The van der Waals surface area contributed by atoms with Gasteiger partial charge >= 0.3 is 0 Å². The lowest BCUT2D eigenvalue weighted by molar-refractivity contribution is 0.697. The molecule has 0 spiro atoms. The maximum atomic E-state index is 5.33. The molecule has 3 heteroatoms. The van der Waals surface area contributed by atoms with Crippen molar-refractivity contribution < 1.29 is 0 Å².